The average Bonchev–Trinajstić information content (AvgIpc) is 2.16. The second-order valence-electron chi connectivity index (χ2n) is 3.00. The highest BCUT2D eigenvalue weighted by molar-refractivity contribution is 5.34. The van der Waals surface area contributed by atoms with Crippen LogP contribution >= 0.6 is 0 Å². The summed E-state index contributed by atoms with van der Waals surface area (Å²) in [7, 11) is 0. The molecule has 3 nitrogen and oxygen atoms in total. The Balaban J connectivity index is 2.96. The summed E-state index contributed by atoms with van der Waals surface area (Å²) in [5.41, 5.74) is 7.05. The fourth-order valence-corrected chi connectivity index (χ4v) is 1.09. The molecule has 13 heavy (non-hydrogen) atoms. The van der Waals surface area contributed by atoms with E-state index in [0.717, 1.165) is 5.56 Å². The number of nitrogens with two attached hydrogens (primary N) is 1. The van der Waals surface area contributed by atoms with Crippen LogP contribution in [0.15, 0.2) is 24.3 Å². The van der Waals surface area contributed by atoms with Crippen molar-refractivity contribution in [2.45, 2.75) is 19.1 Å². The summed E-state index contributed by atoms with van der Waals surface area (Å²) in [5, 5.41) is 17.9. The standard InChI is InChI=1S/C10H12N2O/c1-7(13)10(12)9-4-2-3-8(5-9)6-11/h2-5,7,10,13H,12H2,1H3. The second-order valence-corrected chi connectivity index (χ2v) is 3.00. The molecule has 0 aliphatic carbocycles. The van der Waals surface area contributed by atoms with Crippen molar-refractivity contribution in [2.75, 3.05) is 0 Å². The van der Waals surface area contributed by atoms with E-state index in [9.17, 15) is 5.11 Å². The van der Waals surface area contributed by atoms with Gasteiger partial charge in [-0.15, -0.1) is 0 Å². The number of rotatable bonds is 2. The zero-order chi connectivity index (χ0) is 9.84. The van der Waals surface area contributed by atoms with Gasteiger partial charge >= 0.3 is 0 Å². The summed E-state index contributed by atoms with van der Waals surface area (Å²) in [4.78, 5) is 0. The van der Waals surface area contributed by atoms with Gasteiger partial charge in [0.25, 0.3) is 0 Å². The predicted octanol–water partition coefficient (Wildman–Crippen LogP) is 0.939. The smallest absolute Gasteiger partial charge is 0.0991 e. The summed E-state index contributed by atoms with van der Waals surface area (Å²) < 4.78 is 0. The van der Waals surface area contributed by atoms with Gasteiger partial charge in [-0.2, -0.15) is 5.26 Å². The van der Waals surface area contributed by atoms with E-state index >= 15 is 0 Å². The van der Waals surface area contributed by atoms with E-state index in [0.29, 0.717) is 5.56 Å². The molecule has 3 N–H and O–H groups in total. The molecule has 0 spiro atoms. The first-order valence-electron chi connectivity index (χ1n) is 4.09. The Morgan fingerprint density at radius 3 is 2.77 bits per heavy atom. The number of aliphatic hydroxyl groups excluding tert-OH is 1. The second kappa shape index (κ2) is 4.04. The van der Waals surface area contributed by atoms with E-state index in [1.807, 2.05) is 6.07 Å². The molecule has 2 unspecified atom stereocenters. The van der Waals surface area contributed by atoms with Crippen LogP contribution in [0.2, 0.25) is 0 Å². The number of aliphatic hydroxyl groups is 1. The monoisotopic (exact) mass is 176 g/mol. The van der Waals surface area contributed by atoms with Gasteiger partial charge in [-0.1, -0.05) is 12.1 Å². The normalized spacial score (nSPS) is 14.6. The van der Waals surface area contributed by atoms with Crippen LogP contribution in [0.3, 0.4) is 0 Å². The van der Waals surface area contributed by atoms with Gasteiger partial charge in [0.1, 0.15) is 0 Å². The lowest BCUT2D eigenvalue weighted by atomic mass is 10.0. The molecule has 1 rings (SSSR count). The Morgan fingerprint density at radius 2 is 2.23 bits per heavy atom. The molecule has 68 valence electrons. The highest BCUT2D eigenvalue weighted by Crippen LogP contribution is 2.14. The van der Waals surface area contributed by atoms with E-state index in [2.05, 4.69) is 0 Å². The van der Waals surface area contributed by atoms with Crippen molar-refractivity contribution in [3.8, 4) is 6.07 Å². The maximum atomic E-state index is 9.23. The number of hydrogen-bond acceptors (Lipinski definition) is 3. The lowest BCUT2D eigenvalue weighted by Gasteiger charge is -2.14. The topological polar surface area (TPSA) is 70.0 Å². The maximum Gasteiger partial charge on any atom is 0.0991 e. The third-order valence-electron chi connectivity index (χ3n) is 1.92. The molecule has 2 atom stereocenters. The first-order valence-corrected chi connectivity index (χ1v) is 4.09. The van der Waals surface area contributed by atoms with Gasteiger partial charge in [-0.05, 0) is 24.6 Å². The van der Waals surface area contributed by atoms with Gasteiger partial charge < -0.3 is 10.8 Å². The molecular formula is C10H12N2O. The fourth-order valence-electron chi connectivity index (χ4n) is 1.09. The Morgan fingerprint density at radius 1 is 1.54 bits per heavy atom. The Kier molecular flexibility index (Phi) is 3.02. The van der Waals surface area contributed by atoms with Gasteiger partial charge in [0, 0.05) is 0 Å². The van der Waals surface area contributed by atoms with Crippen molar-refractivity contribution in [3.05, 3.63) is 35.4 Å². The molecule has 0 amide bonds. The molecule has 0 fully saturated rings. The van der Waals surface area contributed by atoms with Crippen LogP contribution in [-0.2, 0) is 0 Å². The first kappa shape index (κ1) is 9.72. The molecule has 3 heteroatoms. The van der Waals surface area contributed by atoms with E-state index in [-0.39, 0.29) is 0 Å². The molecule has 0 bridgehead atoms. The summed E-state index contributed by atoms with van der Waals surface area (Å²) in [6.07, 6.45) is -0.603. The van der Waals surface area contributed by atoms with Gasteiger partial charge in [-0.3, -0.25) is 0 Å². The SMILES string of the molecule is CC(O)C(N)c1cccc(C#N)c1. The zero-order valence-electron chi connectivity index (χ0n) is 7.44. The summed E-state index contributed by atoms with van der Waals surface area (Å²) in [6.45, 7) is 1.63. The molecule has 0 saturated heterocycles. The Hall–Kier alpha value is -1.37. The van der Waals surface area contributed by atoms with Crippen LogP contribution in [0.1, 0.15) is 24.1 Å². The van der Waals surface area contributed by atoms with Crippen LogP contribution < -0.4 is 5.73 Å². The Labute approximate surface area is 77.4 Å². The Bertz CT molecular complexity index is 328. The summed E-state index contributed by atoms with van der Waals surface area (Å²) in [6, 6.07) is 8.56. The number of benzene rings is 1. The van der Waals surface area contributed by atoms with Crippen molar-refractivity contribution in [3.63, 3.8) is 0 Å². The van der Waals surface area contributed by atoms with Crippen LogP contribution in [0.4, 0.5) is 0 Å². The number of nitriles is 1. The minimum atomic E-state index is -0.603. The van der Waals surface area contributed by atoms with Crippen molar-refractivity contribution < 1.29 is 5.11 Å². The minimum absolute atomic E-state index is 0.423. The molecule has 0 aromatic heterocycles. The third kappa shape index (κ3) is 2.28. The fraction of sp³-hybridized carbons (Fsp3) is 0.300. The molecular weight excluding hydrogens is 164 g/mol. The van der Waals surface area contributed by atoms with Gasteiger partial charge in [0.05, 0.1) is 23.8 Å². The predicted molar refractivity (Wildman–Crippen MR) is 49.8 cm³/mol. The lowest BCUT2D eigenvalue weighted by molar-refractivity contribution is 0.164. The van der Waals surface area contributed by atoms with Crippen molar-refractivity contribution >= 4 is 0 Å². The molecule has 0 radical (unpaired) electrons. The van der Waals surface area contributed by atoms with E-state index in [1.165, 1.54) is 0 Å². The van der Waals surface area contributed by atoms with E-state index in [4.69, 9.17) is 11.0 Å². The molecule has 0 aliphatic rings. The lowest BCUT2D eigenvalue weighted by Crippen LogP contribution is -2.23. The van der Waals surface area contributed by atoms with E-state index < -0.39 is 12.1 Å². The van der Waals surface area contributed by atoms with Crippen LogP contribution in [0.25, 0.3) is 0 Å². The molecule has 1 aromatic rings. The van der Waals surface area contributed by atoms with Crippen molar-refractivity contribution in [1.82, 2.24) is 0 Å². The third-order valence-corrected chi connectivity index (χ3v) is 1.92. The highest BCUT2D eigenvalue weighted by atomic mass is 16.3. The largest absolute Gasteiger partial charge is 0.391 e. The maximum absolute atomic E-state index is 9.23. The number of hydrogen-bond donors (Lipinski definition) is 2. The van der Waals surface area contributed by atoms with Gasteiger partial charge in [0.15, 0.2) is 0 Å². The molecule has 0 saturated carbocycles. The molecule has 0 heterocycles. The molecule has 1 aromatic carbocycles. The quantitative estimate of drug-likeness (QED) is 0.704. The molecule has 0 aliphatic heterocycles. The van der Waals surface area contributed by atoms with Gasteiger partial charge in [-0.25, -0.2) is 0 Å². The van der Waals surface area contributed by atoms with Crippen molar-refractivity contribution in [1.29, 1.82) is 5.26 Å². The summed E-state index contributed by atoms with van der Waals surface area (Å²) in [5.74, 6) is 0. The zero-order valence-corrected chi connectivity index (χ0v) is 7.44. The van der Waals surface area contributed by atoms with Gasteiger partial charge in [0.2, 0.25) is 0 Å². The van der Waals surface area contributed by atoms with Crippen LogP contribution in [0.5, 0.6) is 0 Å². The average molecular weight is 176 g/mol. The highest BCUT2D eigenvalue weighted by Gasteiger charge is 2.11. The minimum Gasteiger partial charge on any atom is -0.391 e. The van der Waals surface area contributed by atoms with E-state index in [1.54, 1.807) is 31.2 Å². The first-order chi connectivity index (χ1) is 6.15. The summed E-state index contributed by atoms with van der Waals surface area (Å²) >= 11 is 0. The van der Waals surface area contributed by atoms with Crippen molar-refractivity contribution in [2.24, 2.45) is 5.73 Å². The van der Waals surface area contributed by atoms with Crippen LogP contribution in [0, 0.1) is 11.3 Å². The van der Waals surface area contributed by atoms with Crippen LogP contribution in [-0.4, -0.2) is 11.2 Å². The number of nitrogens with zero attached hydrogens (tertiary/aromatic N) is 1.